The maximum atomic E-state index is 5.80. The molecule has 2 aromatic rings. The zero-order valence-corrected chi connectivity index (χ0v) is 15.3. The van der Waals surface area contributed by atoms with E-state index in [9.17, 15) is 0 Å². The first-order chi connectivity index (χ1) is 12.8. The Morgan fingerprint density at radius 1 is 1.23 bits per heavy atom. The Balaban J connectivity index is 1.54. The molecular formula is C21H25N3O2. The molecular weight excluding hydrogens is 326 g/mol. The maximum absolute atomic E-state index is 5.80. The lowest BCUT2D eigenvalue weighted by Gasteiger charge is -2.27. The number of hydrogen-bond acceptors (Lipinski definition) is 5. The fourth-order valence-electron chi connectivity index (χ4n) is 4.88. The first-order valence-electron chi connectivity index (χ1n) is 9.56. The van der Waals surface area contributed by atoms with Crippen LogP contribution in [-0.2, 0) is 22.3 Å². The summed E-state index contributed by atoms with van der Waals surface area (Å²) in [5, 5.41) is 0. The van der Waals surface area contributed by atoms with Gasteiger partial charge in [0.2, 0.25) is 0 Å². The topological polar surface area (TPSA) is 47.5 Å². The van der Waals surface area contributed by atoms with Gasteiger partial charge < -0.3 is 14.4 Å². The molecule has 5 heteroatoms. The lowest BCUT2D eigenvalue weighted by Crippen LogP contribution is -2.35. The SMILES string of the molecule is COC[C@@]12COC[C@@H]1CN(c1nc(-c3ccccc3)nc3c1CCC3)C2. The summed E-state index contributed by atoms with van der Waals surface area (Å²) in [5.41, 5.74) is 3.80. The van der Waals surface area contributed by atoms with Crippen LogP contribution >= 0.6 is 0 Å². The van der Waals surface area contributed by atoms with Gasteiger partial charge in [-0.3, -0.25) is 0 Å². The van der Waals surface area contributed by atoms with Crippen LogP contribution in [0.4, 0.5) is 5.82 Å². The van der Waals surface area contributed by atoms with Gasteiger partial charge in [-0.2, -0.15) is 0 Å². The average molecular weight is 351 g/mol. The normalized spacial score (nSPS) is 27.0. The zero-order chi connectivity index (χ0) is 17.6. The van der Waals surface area contributed by atoms with Gasteiger partial charge in [-0.25, -0.2) is 9.97 Å². The van der Waals surface area contributed by atoms with E-state index in [4.69, 9.17) is 19.4 Å². The number of aryl methyl sites for hydroxylation is 1. The van der Waals surface area contributed by atoms with E-state index in [-0.39, 0.29) is 5.41 Å². The zero-order valence-electron chi connectivity index (χ0n) is 15.3. The molecule has 2 atom stereocenters. The number of aromatic nitrogens is 2. The minimum atomic E-state index is 0.109. The van der Waals surface area contributed by atoms with Gasteiger partial charge in [0.05, 0.1) is 19.8 Å². The molecule has 0 unspecified atom stereocenters. The molecule has 136 valence electrons. The van der Waals surface area contributed by atoms with E-state index >= 15 is 0 Å². The molecule has 0 spiro atoms. The lowest BCUT2D eigenvalue weighted by molar-refractivity contribution is 0.0660. The first-order valence-corrected chi connectivity index (χ1v) is 9.56. The van der Waals surface area contributed by atoms with Crippen LogP contribution in [0.3, 0.4) is 0 Å². The Morgan fingerprint density at radius 2 is 2.12 bits per heavy atom. The molecule has 5 rings (SSSR count). The van der Waals surface area contributed by atoms with Gasteiger partial charge in [-0.15, -0.1) is 0 Å². The van der Waals surface area contributed by atoms with Gasteiger partial charge in [-0.05, 0) is 19.3 Å². The molecule has 0 amide bonds. The van der Waals surface area contributed by atoms with E-state index in [0.717, 1.165) is 63.0 Å². The van der Waals surface area contributed by atoms with Crippen molar-refractivity contribution in [2.75, 3.05) is 44.9 Å². The summed E-state index contributed by atoms with van der Waals surface area (Å²) < 4.78 is 11.4. The van der Waals surface area contributed by atoms with Crippen LogP contribution in [0.1, 0.15) is 17.7 Å². The molecule has 1 aromatic heterocycles. The van der Waals surface area contributed by atoms with Crippen molar-refractivity contribution < 1.29 is 9.47 Å². The summed E-state index contributed by atoms with van der Waals surface area (Å²) >= 11 is 0. The van der Waals surface area contributed by atoms with Crippen molar-refractivity contribution in [3.05, 3.63) is 41.6 Å². The largest absolute Gasteiger partial charge is 0.384 e. The third-order valence-electron chi connectivity index (χ3n) is 6.20. The standard InChI is InChI=1S/C21H25N3O2/c1-25-13-21-12-24(10-16(21)11-26-14-21)20-17-8-5-9-18(17)22-19(23-20)15-6-3-2-4-7-15/h2-4,6-7,16H,5,8-14H2,1H3/t16-,21-/m0/s1. The van der Waals surface area contributed by atoms with E-state index in [1.165, 1.54) is 17.7 Å². The van der Waals surface area contributed by atoms with Gasteiger partial charge in [0.1, 0.15) is 5.82 Å². The van der Waals surface area contributed by atoms with E-state index < -0.39 is 0 Å². The Kier molecular flexibility index (Phi) is 3.94. The van der Waals surface area contributed by atoms with Crippen LogP contribution in [0.5, 0.6) is 0 Å². The average Bonchev–Trinajstić information content (AvgIpc) is 3.35. The van der Waals surface area contributed by atoms with Crippen molar-refractivity contribution in [3.63, 3.8) is 0 Å². The van der Waals surface area contributed by atoms with E-state index in [1.54, 1.807) is 7.11 Å². The fourth-order valence-corrected chi connectivity index (χ4v) is 4.88. The quantitative estimate of drug-likeness (QED) is 0.848. The molecule has 26 heavy (non-hydrogen) atoms. The molecule has 3 heterocycles. The summed E-state index contributed by atoms with van der Waals surface area (Å²) in [4.78, 5) is 12.4. The summed E-state index contributed by atoms with van der Waals surface area (Å²) in [6, 6.07) is 10.3. The molecule has 2 saturated heterocycles. The van der Waals surface area contributed by atoms with Crippen LogP contribution in [0.2, 0.25) is 0 Å². The minimum Gasteiger partial charge on any atom is -0.384 e. The summed E-state index contributed by atoms with van der Waals surface area (Å²) in [7, 11) is 1.79. The van der Waals surface area contributed by atoms with Crippen molar-refractivity contribution in [1.29, 1.82) is 0 Å². The number of hydrogen-bond donors (Lipinski definition) is 0. The third kappa shape index (κ3) is 2.53. The van der Waals surface area contributed by atoms with E-state index in [1.807, 2.05) is 6.07 Å². The first kappa shape index (κ1) is 16.2. The van der Waals surface area contributed by atoms with Gasteiger partial charge in [0, 0.05) is 48.4 Å². The number of nitrogens with zero attached hydrogens (tertiary/aromatic N) is 3. The fraction of sp³-hybridized carbons (Fsp3) is 0.524. The molecule has 0 N–H and O–H groups in total. The predicted molar refractivity (Wildman–Crippen MR) is 100 cm³/mol. The smallest absolute Gasteiger partial charge is 0.161 e. The van der Waals surface area contributed by atoms with Crippen molar-refractivity contribution in [3.8, 4) is 11.4 Å². The number of methoxy groups -OCH3 is 1. The van der Waals surface area contributed by atoms with Gasteiger partial charge in [-0.1, -0.05) is 30.3 Å². The minimum absolute atomic E-state index is 0.109. The van der Waals surface area contributed by atoms with Crippen LogP contribution < -0.4 is 4.90 Å². The second kappa shape index (κ2) is 6.32. The number of anilines is 1. The highest BCUT2D eigenvalue weighted by atomic mass is 16.5. The van der Waals surface area contributed by atoms with Crippen molar-refractivity contribution >= 4 is 5.82 Å². The highest BCUT2D eigenvalue weighted by molar-refractivity contribution is 5.62. The highest BCUT2D eigenvalue weighted by Crippen LogP contribution is 2.44. The molecule has 5 nitrogen and oxygen atoms in total. The van der Waals surface area contributed by atoms with Gasteiger partial charge >= 0.3 is 0 Å². The van der Waals surface area contributed by atoms with Gasteiger partial charge in [0.15, 0.2) is 5.82 Å². The summed E-state index contributed by atoms with van der Waals surface area (Å²) in [5.74, 6) is 2.53. The van der Waals surface area contributed by atoms with E-state index in [0.29, 0.717) is 5.92 Å². The van der Waals surface area contributed by atoms with Crippen molar-refractivity contribution in [2.45, 2.75) is 19.3 Å². The number of rotatable bonds is 4. The van der Waals surface area contributed by atoms with Crippen molar-refractivity contribution in [2.24, 2.45) is 11.3 Å². The molecule has 0 saturated carbocycles. The van der Waals surface area contributed by atoms with Crippen LogP contribution in [0.15, 0.2) is 30.3 Å². The Morgan fingerprint density at radius 3 is 2.96 bits per heavy atom. The molecule has 3 aliphatic rings. The Hall–Kier alpha value is -1.98. The number of ether oxygens (including phenoxy) is 2. The van der Waals surface area contributed by atoms with Crippen LogP contribution in [0.25, 0.3) is 11.4 Å². The third-order valence-corrected chi connectivity index (χ3v) is 6.20. The Labute approximate surface area is 154 Å². The summed E-state index contributed by atoms with van der Waals surface area (Å²) in [6.07, 6.45) is 3.34. The molecule has 0 bridgehead atoms. The van der Waals surface area contributed by atoms with Crippen LogP contribution in [0, 0.1) is 11.3 Å². The van der Waals surface area contributed by atoms with Crippen molar-refractivity contribution in [1.82, 2.24) is 9.97 Å². The number of fused-ring (bicyclic) bond motifs is 2. The van der Waals surface area contributed by atoms with Gasteiger partial charge in [0.25, 0.3) is 0 Å². The van der Waals surface area contributed by atoms with Crippen LogP contribution in [-0.4, -0.2) is 50.0 Å². The number of benzene rings is 1. The second-order valence-electron chi connectivity index (χ2n) is 7.90. The van der Waals surface area contributed by atoms with E-state index in [2.05, 4.69) is 29.2 Å². The Bertz CT molecular complexity index is 810. The maximum Gasteiger partial charge on any atom is 0.161 e. The molecule has 0 radical (unpaired) electrons. The molecule has 1 aromatic carbocycles. The molecule has 1 aliphatic carbocycles. The molecule has 2 fully saturated rings. The predicted octanol–water partition coefficient (Wildman–Crippen LogP) is 2.73. The monoisotopic (exact) mass is 351 g/mol. The summed E-state index contributed by atoms with van der Waals surface area (Å²) in [6.45, 7) is 4.34. The molecule has 2 aliphatic heterocycles. The highest BCUT2D eigenvalue weighted by Gasteiger charge is 2.51. The second-order valence-corrected chi connectivity index (χ2v) is 7.90. The lowest BCUT2D eigenvalue weighted by atomic mass is 9.82.